The van der Waals surface area contributed by atoms with E-state index in [9.17, 15) is 4.79 Å². The second-order valence-electron chi connectivity index (χ2n) is 4.24. The first-order valence-electron chi connectivity index (χ1n) is 6.34. The van der Waals surface area contributed by atoms with Crippen LogP contribution in [0.3, 0.4) is 0 Å². The molecule has 0 saturated heterocycles. The van der Waals surface area contributed by atoms with Crippen molar-refractivity contribution in [3.8, 4) is 0 Å². The summed E-state index contributed by atoms with van der Waals surface area (Å²) in [7, 11) is 0. The van der Waals surface area contributed by atoms with Gasteiger partial charge in [-0.05, 0) is 42.8 Å². The van der Waals surface area contributed by atoms with Gasteiger partial charge >= 0.3 is 5.69 Å². The van der Waals surface area contributed by atoms with Crippen LogP contribution in [0, 0.1) is 0 Å². The third-order valence-electron chi connectivity index (χ3n) is 3.00. The lowest BCUT2D eigenvalue weighted by Crippen LogP contribution is -2.15. The number of nitrogens with one attached hydrogen (secondary N) is 1. The molecule has 1 aromatic heterocycles. The van der Waals surface area contributed by atoms with E-state index in [0.717, 1.165) is 16.9 Å². The van der Waals surface area contributed by atoms with Crippen molar-refractivity contribution < 1.29 is 0 Å². The molecule has 6 heteroatoms. The predicted octanol–water partition coefficient (Wildman–Crippen LogP) is 2.15. The maximum Gasteiger partial charge on any atom is 0.343 e. The van der Waals surface area contributed by atoms with E-state index in [1.54, 1.807) is 4.57 Å². The van der Waals surface area contributed by atoms with Crippen molar-refractivity contribution in [2.45, 2.75) is 42.9 Å². The van der Waals surface area contributed by atoms with Crippen molar-refractivity contribution in [3.05, 3.63) is 40.3 Å². The number of rotatable bonds is 5. The minimum absolute atomic E-state index is 0.0817. The first kappa shape index (κ1) is 13.9. The van der Waals surface area contributed by atoms with E-state index < -0.39 is 0 Å². The predicted molar refractivity (Wildman–Crippen MR) is 76.3 cm³/mol. The molecule has 19 heavy (non-hydrogen) atoms. The molecule has 1 aromatic carbocycles. The summed E-state index contributed by atoms with van der Waals surface area (Å²) < 4.78 is 1.61. The number of nitrogens with zero attached hydrogens (tertiary/aromatic N) is 2. The van der Waals surface area contributed by atoms with Crippen molar-refractivity contribution >= 4 is 11.8 Å². The van der Waals surface area contributed by atoms with Crippen LogP contribution in [0.2, 0.25) is 0 Å². The quantitative estimate of drug-likeness (QED) is 0.878. The second kappa shape index (κ2) is 6.08. The molecule has 1 unspecified atom stereocenters. The Bertz CT molecular complexity index is 587. The fourth-order valence-corrected chi connectivity index (χ4v) is 2.68. The summed E-state index contributed by atoms with van der Waals surface area (Å²) in [6.07, 6.45) is 0.918. The SMILES string of the molecule is CCC(N)c1ccc(Sc2n[nH]c(=O)n2CC)cc1. The molecule has 2 rings (SSSR count). The minimum Gasteiger partial charge on any atom is -0.324 e. The first-order valence-corrected chi connectivity index (χ1v) is 7.16. The molecular formula is C13H18N4OS. The van der Waals surface area contributed by atoms with Gasteiger partial charge < -0.3 is 5.73 Å². The number of hydrogen-bond donors (Lipinski definition) is 2. The van der Waals surface area contributed by atoms with Gasteiger partial charge in [0, 0.05) is 17.5 Å². The topological polar surface area (TPSA) is 76.7 Å². The zero-order valence-corrected chi connectivity index (χ0v) is 11.9. The normalized spacial score (nSPS) is 12.6. The van der Waals surface area contributed by atoms with Gasteiger partial charge in [-0.1, -0.05) is 19.1 Å². The second-order valence-corrected chi connectivity index (χ2v) is 5.28. The summed E-state index contributed by atoms with van der Waals surface area (Å²) in [5, 5.41) is 7.16. The molecule has 0 aliphatic rings. The summed E-state index contributed by atoms with van der Waals surface area (Å²) in [4.78, 5) is 12.5. The molecular weight excluding hydrogens is 260 g/mol. The van der Waals surface area contributed by atoms with E-state index in [4.69, 9.17) is 5.73 Å². The molecule has 0 bridgehead atoms. The first-order chi connectivity index (χ1) is 9.15. The van der Waals surface area contributed by atoms with Crippen molar-refractivity contribution in [3.63, 3.8) is 0 Å². The molecule has 0 fully saturated rings. The summed E-state index contributed by atoms with van der Waals surface area (Å²) in [5.74, 6) is 0. The number of aromatic nitrogens is 3. The van der Waals surface area contributed by atoms with Crippen molar-refractivity contribution in [2.75, 3.05) is 0 Å². The van der Waals surface area contributed by atoms with Crippen LogP contribution in [0.4, 0.5) is 0 Å². The van der Waals surface area contributed by atoms with E-state index in [0.29, 0.717) is 11.7 Å². The molecule has 0 aliphatic heterocycles. The summed E-state index contributed by atoms with van der Waals surface area (Å²) in [5.41, 5.74) is 6.93. The maximum absolute atomic E-state index is 11.5. The molecule has 0 amide bonds. The van der Waals surface area contributed by atoms with Gasteiger partial charge in [0.2, 0.25) is 0 Å². The fraction of sp³-hybridized carbons (Fsp3) is 0.385. The van der Waals surface area contributed by atoms with Crippen molar-refractivity contribution in [1.82, 2.24) is 14.8 Å². The van der Waals surface area contributed by atoms with Gasteiger partial charge in [-0.3, -0.25) is 4.57 Å². The Kier molecular flexibility index (Phi) is 4.44. The Morgan fingerprint density at radius 3 is 2.63 bits per heavy atom. The summed E-state index contributed by atoms with van der Waals surface area (Å²) in [6.45, 7) is 4.60. The van der Waals surface area contributed by atoms with Gasteiger partial charge in [0.25, 0.3) is 0 Å². The largest absolute Gasteiger partial charge is 0.343 e. The highest BCUT2D eigenvalue weighted by Crippen LogP contribution is 2.26. The van der Waals surface area contributed by atoms with E-state index >= 15 is 0 Å². The number of benzene rings is 1. The van der Waals surface area contributed by atoms with Crippen molar-refractivity contribution in [1.29, 1.82) is 0 Å². The number of H-pyrrole nitrogens is 1. The molecule has 0 saturated carbocycles. The number of aromatic amines is 1. The van der Waals surface area contributed by atoms with Crippen LogP contribution in [0.25, 0.3) is 0 Å². The Morgan fingerprint density at radius 2 is 2.05 bits per heavy atom. The Morgan fingerprint density at radius 1 is 1.37 bits per heavy atom. The molecule has 3 N–H and O–H groups in total. The highest BCUT2D eigenvalue weighted by atomic mass is 32.2. The highest BCUT2D eigenvalue weighted by Gasteiger charge is 2.09. The van der Waals surface area contributed by atoms with Gasteiger partial charge in [0.15, 0.2) is 5.16 Å². The zero-order valence-electron chi connectivity index (χ0n) is 11.1. The molecule has 102 valence electrons. The molecule has 0 aliphatic carbocycles. The van der Waals surface area contributed by atoms with Gasteiger partial charge in [0.05, 0.1) is 0 Å². The van der Waals surface area contributed by atoms with Gasteiger partial charge in [0.1, 0.15) is 0 Å². The molecule has 1 heterocycles. The molecule has 1 atom stereocenters. The third kappa shape index (κ3) is 3.08. The van der Waals surface area contributed by atoms with Gasteiger partial charge in [-0.15, -0.1) is 5.10 Å². The third-order valence-corrected chi connectivity index (χ3v) is 4.00. The van der Waals surface area contributed by atoms with Crippen LogP contribution in [0.1, 0.15) is 31.9 Å². The van der Waals surface area contributed by atoms with Crippen LogP contribution < -0.4 is 11.4 Å². The van der Waals surface area contributed by atoms with Gasteiger partial charge in [-0.2, -0.15) is 0 Å². The lowest BCUT2D eigenvalue weighted by atomic mass is 10.1. The molecule has 0 radical (unpaired) electrons. The standard InChI is InChI=1S/C13H18N4OS/c1-3-11(14)9-5-7-10(8-6-9)19-13-16-15-12(18)17(13)4-2/h5-8,11H,3-4,14H2,1-2H3,(H,15,18). The van der Waals surface area contributed by atoms with E-state index in [2.05, 4.69) is 17.1 Å². The van der Waals surface area contributed by atoms with E-state index in [1.807, 2.05) is 31.2 Å². The van der Waals surface area contributed by atoms with Crippen LogP contribution >= 0.6 is 11.8 Å². The summed E-state index contributed by atoms with van der Waals surface area (Å²) >= 11 is 1.47. The zero-order chi connectivity index (χ0) is 13.8. The Hall–Kier alpha value is -1.53. The van der Waals surface area contributed by atoms with Crippen LogP contribution in [-0.4, -0.2) is 14.8 Å². The van der Waals surface area contributed by atoms with Crippen LogP contribution in [0.5, 0.6) is 0 Å². The maximum atomic E-state index is 11.5. The van der Waals surface area contributed by atoms with Crippen molar-refractivity contribution in [2.24, 2.45) is 5.73 Å². The van der Waals surface area contributed by atoms with Crippen LogP contribution in [-0.2, 0) is 6.54 Å². The average Bonchev–Trinajstić information content (AvgIpc) is 2.79. The molecule has 2 aromatic rings. The monoisotopic (exact) mass is 278 g/mol. The van der Waals surface area contributed by atoms with Crippen LogP contribution in [0.15, 0.2) is 39.1 Å². The van der Waals surface area contributed by atoms with E-state index in [1.165, 1.54) is 11.8 Å². The fourth-order valence-electron chi connectivity index (χ4n) is 1.78. The Labute approximate surface area is 116 Å². The smallest absolute Gasteiger partial charge is 0.324 e. The molecule has 5 nitrogen and oxygen atoms in total. The molecule has 0 spiro atoms. The Balaban J connectivity index is 2.17. The summed E-state index contributed by atoms with van der Waals surface area (Å²) in [6, 6.07) is 8.15. The highest BCUT2D eigenvalue weighted by molar-refractivity contribution is 7.99. The number of nitrogens with two attached hydrogens (primary N) is 1. The number of hydrogen-bond acceptors (Lipinski definition) is 4. The average molecular weight is 278 g/mol. The van der Waals surface area contributed by atoms with Gasteiger partial charge in [-0.25, -0.2) is 9.89 Å². The van der Waals surface area contributed by atoms with E-state index in [-0.39, 0.29) is 11.7 Å². The lowest BCUT2D eigenvalue weighted by Gasteiger charge is -2.09. The lowest BCUT2D eigenvalue weighted by molar-refractivity contribution is 0.660. The minimum atomic E-state index is -0.172.